The van der Waals surface area contributed by atoms with Crippen LogP contribution >= 0.6 is 0 Å². The summed E-state index contributed by atoms with van der Waals surface area (Å²) in [5, 5.41) is 19.9. The lowest BCUT2D eigenvalue weighted by Gasteiger charge is -2.14. The highest BCUT2D eigenvalue weighted by Crippen LogP contribution is 2.48. The molecular weight excluding hydrogens is 1330 g/mol. The molecule has 0 saturated heterocycles. The molecule has 0 aliphatic rings. The Kier molecular flexibility index (Phi) is 11.1. The SMILES string of the molecule is O=c1c2ccccc2c2cc(-c3ccc4oc5cc(-c6ccc7c(=O)n8c9ccccc9c9cc(-c%10cc(-c%11ccc%12c(=O)n%13c%14ccccc%14c%14cc(-c%15ccc%16c%17ccccc%17n(-c%17ccccc%17)c%16c%15)cc(c%12c%11)c%14%13)cc%11c%10oc%10ccccc%10%11)cc(c7c6)c98)ccc5c4c3)cc3c4ccccc4n1c23. The summed E-state index contributed by atoms with van der Waals surface area (Å²) in [4.78, 5) is 44.8. The van der Waals surface area contributed by atoms with Crippen LogP contribution in [0, 0.1) is 0 Å². The lowest BCUT2D eigenvalue weighted by atomic mass is 9.91. The van der Waals surface area contributed by atoms with Crippen LogP contribution in [0.2, 0.25) is 0 Å². The van der Waals surface area contributed by atoms with Gasteiger partial charge in [-0.1, -0.05) is 164 Å². The number of aromatic nitrogens is 4. The zero-order valence-corrected chi connectivity index (χ0v) is 57.4. The Labute approximate surface area is 610 Å². The Morgan fingerprint density at radius 2 is 0.546 bits per heavy atom. The fourth-order valence-corrected chi connectivity index (χ4v) is 18.9. The van der Waals surface area contributed by atoms with E-state index in [9.17, 15) is 4.79 Å². The van der Waals surface area contributed by atoms with Crippen molar-refractivity contribution in [1.29, 1.82) is 0 Å². The van der Waals surface area contributed by atoms with Crippen LogP contribution in [0.3, 0.4) is 0 Å². The number of pyridine rings is 3. The number of fused-ring (bicyclic) bond motifs is 24. The fourth-order valence-electron chi connectivity index (χ4n) is 18.9. The predicted octanol–water partition coefficient (Wildman–Crippen LogP) is 24.4. The zero-order chi connectivity index (χ0) is 70.6. The summed E-state index contributed by atoms with van der Waals surface area (Å²) in [7, 11) is 0. The first-order valence-electron chi connectivity index (χ1n) is 36.5. The van der Waals surface area contributed by atoms with Crippen molar-refractivity contribution in [3.63, 3.8) is 0 Å². The first kappa shape index (κ1) is 57.8. The zero-order valence-electron chi connectivity index (χ0n) is 57.4. The molecule has 0 N–H and O–H groups in total. The van der Waals surface area contributed by atoms with Crippen molar-refractivity contribution in [2.24, 2.45) is 0 Å². The maximum absolute atomic E-state index is 15.3. The second-order valence-corrected chi connectivity index (χ2v) is 29.2. The number of hydrogen-bond acceptors (Lipinski definition) is 5. The second-order valence-electron chi connectivity index (χ2n) is 29.2. The molecule has 0 atom stereocenters. The van der Waals surface area contributed by atoms with Crippen molar-refractivity contribution in [1.82, 2.24) is 17.8 Å². The number of hydrogen-bond donors (Lipinski definition) is 0. The average molecular weight is 1380 g/mol. The maximum atomic E-state index is 15.3. The molecule has 0 spiro atoms. The lowest BCUT2D eigenvalue weighted by molar-refractivity contribution is 0.669. The van der Waals surface area contributed by atoms with E-state index in [1.807, 2.05) is 98.1 Å². The van der Waals surface area contributed by atoms with Gasteiger partial charge in [0.25, 0.3) is 16.7 Å². The minimum Gasteiger partial charge on any atom is -0.456 e. The summed E-state index contributed by atoms with van der Waals surface area (Å²) in [5.74, 6) is 0. The lowest BCUT2D eigenvalue weighted by Crippen LogP contribution is -2.13. The number of nitrogens with zero attached hydrogens (tertiary/aromatic N) is 4. The minimum absolute atomic E-state index is 0.00976. The molecule has 0 unspecified atom stereocenters. The molecule has 9 nitrogen and oxygen atoms in total. The molecule has 0 saturated carbocycles. The molecule has 0 amide bonds. The summed E-state index contributed by atoms with van der Waals surface area (Å²) in [6.45, 7) is 0. The Morgan fingerprint density at radius 1 is 0.194 bits per heavy atom. The van der Waals surface area contributed by atoms with Crippen molar-refractivity contribution >= 4 is 180 Å². The standard InChI is InChI=1S/C99H52N4O5/c104-97-71-24-5-4-18-63(71)78-44-59(45-79-65-20-7-12-26-86(65)101(97)93(78)79)55-34-39-91-77(42-55)70-36-31-57(52-92(70)107-91)53-32-37-72-75(40-53)83-50-61(49-81-67-22-9-14-28-88(67)103(95(81)83)98(72)105)74-43-58(48-84-69-23-10-15-29-90(69)108-96(74)84)54-33-38-73-76(41-54)82-47-60(46-80-66-21-8-13-27-87(66)102(94(80)82)99(73)106)56-30-35-68-64-19-6-11-25-85(64)100(89(68)51-56)62-16-2-1-3-17-62/h1-52H. The van der Waals surface area contributed by atoms with Gasteiger partial charge in [-0.2, -0.15) is 0 Å². The van der Waals surface area contributed by atoms with Crippen LogP contribution in [0.5, 0.6) is 0 Å². The second kappa shape index (κ2) is 20.8. The van der Waals surface area contributed by atoms with Gasteiger partial charge in [-0.3, -0.25) is 27.6 Å². The summed E-state index contributed by atoms with van der Waals surface area (Å²) in [6.07, 6.45) is 0. The Hall–Kier alpha value is -14.7. The Bertz CT molecular complexity index is 8580. The van der Waals surface area contributed by atoms with E-state index in [0.717, 1.165) is 214 Å². The summed E-state index contributed by atoms with van der Waals surface area (Å²) < 4.78 is 21.9. The predicted molar refractivity (Wildman–Crippen MR) is 445 cm³/mol. The highest BCUT2D eigenvalue weighted by atomic mass is 16.3. The van der Waals surface area contributed by atoms with Crippen LogP contribution in [-0.4, -0.2) is 17.8 Å². The molecule has 498 valence electrons. The van der Waals surface area contributed by atoms with Gasteiger partial charge in [-0.15, -0.1) is 0 Å². The molecule has 16 aromatic carbocycles. The van der Waals surface area contributed by atoms with Gasteiger partial charge in [0.05, 0.1) is 44.1 Å². The van der Waals surface area contributed by atoms with Gasteiger partial charge >= 0.3 is 0 Å². The van der Waals surface area contributed by atoms with E-state index in [-0.39, 0.29) is 16.7 Å². The van der Waals surface area contributed by atoms with Crippen molar-refractivity contribution in [2.75, 3.05) is 0 Å². The van der Waals surface area contributed by atoms with Crippen molar-refractivity contribution < 1.29 is 8.83 Å². The van der Waals surface area contributed by atoms with Gasteiger partial charge in [0.2, 0.25) is 0 Å². The third kappa shape index (κ3) is 7.64. The van der Waals surface area contributed by atoms with E-state index in [1.54, 1.807) is 0 Å². The van der Waals surface area contributed by atoms with E-state index < -0.39 is 0 Å². The summed E-state index contributed by atoms with van der Waals surface area (Å²) in [5.41, 5.74) is 21.4. The molecule has 0 aliphatic heterocycles. The number of rotatable bonds is 6. The maximum Gasteiger partial charge on any atom is 0.263 e. The average Bonchev–Trinajstić information content (AvgIpc) is 1.51. The van der Waals surface area contributed by atoms with Crippen molar-refractivity contribution in [2.45, 2.75) is 0 Å². The van der Waals surface area contributed by atoms with Crippen LogP contribution in [0.4, 0.5) is 0 Å². The van der Waals surface area contributed by atoms with Crippen LogP contribution in [-0.2, 0) is 0 Å². The largest absolute Gasteiger partial charge is 0.456 e. The molecule has 9 heteroatoms. The normalized spacial score (nSPS) is 12.6. The van der Waals surface area contributed by atoms with E-state index >= 15 is 9.59 Å². The number of benzene rings is 16. The van der Waals surface area contributed by atoms with E-state index in [1.165, 1.54) is 10.8 Å². The van der Waals surface area contributed by atoms with Gasteiger partial charge in [-0.25, -0.2) is 0 Å². The van der Waals surface area contributed by atoms with Gasteiger partial charge in [0.1, 0.15) is 22.3 Å². The van der Waals surface area contributed by atoms with Crippen molar-refractivity contribution in [3.05, 3.63) is 347 Å². The van der Waals surface area contributed by atoms with Gasteiger partial charge in [0.15, 0.2) is 0 Å². The molecule has 0 aliphatic carbocycles. The van der Waals surface area contributed by atoms with Gasteiger partial charge in [0, 0.05) is 108 Å². The molecule has 0 radical (unpaired) electrons. The smallest absolute Gasteiger partial charge is 0.263 e. The molecule has 9 aromatic heterocycles. The first-order valence-corrected chi connectivity index (χ1v) is 36.5. The molecule has 25 rings (SSSR count). The third-order valence-electron chi connectivity index (χ3n) is 23.7. The molecule has 108 heavy (non-hydrogen) atoms. The molecule has 9 heterocycles. The molecule has 0 bridgehead atoms. The van der Waals surface area contributed by atoms with E-state index in [0.29, 0.717) is 16.2 Å². The van der Waals surface area contributed by atoms with E-state index in [2.05, 4.69) is 235 Å². The third-order valence-corrected chi connectivity index (χ3v) is 23.7. The first-order chi connectivity index (χ1) is 53.3. The van der Waals surface area contributed by atoms with Crippen LogP contribution in [0.25, 0.3) is 241 Å². The number of furan rings is 2. The summed E-state index contributed by atoms with van der Waals surface area (Å²) in [6, 6.07) is 110. The van der Waals surface area contributed by atoms with Crippen molar-refractivity contribution in [3.8, 4) is 61.3 Å². The molecule has 25 aromatic rings. The monoisotopic (exact) mass is 1380 g/mol. The van der Waals surface area contributed by atoms with Gasteiger partial charge < -0.3 is 13.4 Å². The Morgan fingerprint density at radius 3 is 1.13 bits per heavy atom. The minimum atomic E-state index is -0.0814. The number of para-hydroxylation sites is 6. The van der Waals surface area contributed by atoms with Crippen LogP contribution in [0.15, 0.2) is 339 Å². The Balaban J connectivity index is 0.662. The highest BCUT2D eigenvalue weighted by molar-refractivity contribution is 6.26. The van der Waals surface area contributed by atoms with Crippen LogP contribution < -0.4 is 16.7 Å². The van der Waals surface area contributed by atoms with Crippen LogP contribution in [0.1, 0.15) is 0 Å². The topological polar surface area (TPSA) is 95.6 Å². The van der Waals surface area contributed by atoms with E-state index in [4.69, 9.17) is 8.83 Å². The molecule has 0 fully saturated rings. The fraction of sp³-hybridized carbons (Fsp3) is 0. The van der Waals surface area contributed by atoms with Gasteiger partial charge in [-0.05, 0) is 218 Å². The quantitative estimate of drug-likeness (QED) is 0.155. The molecular formula is C99H52N4O5. The highest BCUT2D eigenvalue weighted by Gasteiger charge is 2.27. The summed E-state index contributed by atoms with van der Waals surface area (Å²) >= 11 is 0.